The lowest BCUT2D eigenvalue weighted by atomic mass is 10.1. The summed E-state index contributed by atoms with van der Waals surface area (Å²) in [6.07, 6.45) is 0. The maximum absolute atomic E-state index is 12.3. The van der Waals surface area contributed by atoms with Crippen molar-refractivity contribution in [2.75, 3.05) is 13.2 Å². The minimum atomic E-state index is -0.976. The van der Waals surface area contributed by atoms with Crippen molar-refractivity contribution in [2.24, 2.45) is 0 Å². The number of nitro benzene ring substituents is 1. The maximum Gasteiger partial charge on any atom is 0.326 e. The van der Waals surface area contributed by atoms with E-state index in [4.69, 9.17) is 4.74 Å². The number of imide groups is 1. The molecule has 0 unspecified atom stereocenters. The lowest BCUT2D eigenvalue weighted by molar-refractivity contribution is -0.385. The molecule has 0 fully saturated rings. The summed E-state index contributed by atoms with van der Waals surface area (Å²) < 4.78 is 4.71. The quantitative estimate of drug-likeness (QED) is 0.337. The van der Waals surface area contributed by atoms with Crippen molar-refractivity contribution in [3.8, 4) is 0 Å². The van der Waals surface area contributed by atoms with Crippen molar-refractivity contribution in [1.29, 1.82) is 0 Å². The summed E-state index contributed by atoms with van der Waals surface area (Å²) in [6, 6.07) is 3.51. The second-order valence-electron chi connectivity index (χ2n) is 5.54. The van der Waals surface area contributed by atoms with Crippen LogP contribution in [0.3, 0.4) is 0 Å². The molecule has 0 aliphatic carbocycles. The Morgan fingerprint density at radius 1 is 1.28 bits per heavy atom. The molecule has 1 aromatic carbocycles. The zero-order valence-electron chi connectivity index (χ0n) is 13.5. The van der Waals surface area contributed by atoms with Gasteiger partial charge in [-0.1, -0.05) is 6.07 Å². The van der Waals surface area contributed by atoms with Crippen LogP contribution >= 0.6 is 0 Å². The van der Waals surface area contributed by atoms with Gasteiger partial charge in [0.15, 0.2) is 6.61 Å². The Morgan fingerprint density at radius 2 is 1.96 bits per heavy atom. The summed E-state index contributed by atoms with van der Waals surface area (Å²) in [7, 11) is 0. The number of carbonyl (C=O) groups is 4. The van der Waals surface area contributed by atoms with Crippen LogP contribution in [0, 0.1) is 10.1 Å². The molecule has 0 saturated heterocycles. The van der Waals surface area contributed by atoms with E-state index in [-0.39, 0.29) is 17.2 Å². The minimum Gasteiger partial charge on any atom is -0.454 e. The molecule has 1 aliphatic rings. The van der Waals surface area contributed by atoms with Gasteiger partial charge in [-0.05, 0) is 19.9 Å². The van der Waals surface area contributed by atoms with E-state index in [9.17, 15) is 29.3 Å². The van der Waals surface area contributed by atoms with Crippen LogP contribution in [0.1, 0.15) is 34.6 Å². The number of ether oxygens (including phenoxy) is 1. The first kappa shape index (κ1) is 18.0. The Hall–Kier alpha value is -3.30. The molecule has 2 rings (SSSR count). The third-order valence-electron chi connectivity index (χ3n) is 3.27. The minimum absolute atomic E-state index is 0.136. The van der Waals surface area contributed by atoms with Gasteiger partial charge >= 0.3 is 5.97 Å². The lowest BCUT2D eigenvalue weighted by Gasteiger charge is -2.13. The summed E-state index contributed by atoms with van der Waals surface area (Å²) in [5, 5.41) is 13.5. The van der Waals surface area contributed by atoms with Gasteiger partial charge in [-0.3, -0.25) is 34.2 Å². The van der Waals surface area contributed by atoms with E-state index in [0.29, 0.717) is 4.90 Å². The number of amides is 3. The van der Waals surface area contributed by atoms with E-state index in [2.05, 4.69) is 5.32 Å². The number of nitrogens with zero attached hydrogens (tertiary/aromatic N) is 2. The monoisotopic (exact) mass is 349 g/mol. The molecule has 1 aliphatic heterocycles. The smallest absolute Gasteiger partial charge is 0.326 e. The van der Waals surface area contributed by atoms with Crippen LogP contribution in [0.15, 0.2) is 18.2 Å². The van der Waals surface area contributed by atoms with Gasteiger partial charge in [0, 0.05) is 12.1 Å². The van der Waals surface area contributed by atoms with Gasteiger partial charge < -0.3 is 10.1 Å². The molecule has 1 aromatic rings. The van der Waals surface area contributed by atoms with Gasteiger partial charge in [-0.2, -0.15) is 0 Å². The molecule has 0 spiro atoms. The molecular formula is C15H15N3O7. The van der Waals surface area contributed by atoms with Crippen LogP contribution < -0.4 is 5.32 Å². The number of hydrogen-bond acceptors (Lipinski definition) is 7. The fourth-order valence-corrected chi connectivity index (χ4v) is 2.30. The zero-order chi connectivity index (χ0) is 18.7. The molecule has 1 heterocycles. The summed E-state index contributed by atoms with van der Waals surface area (Å²) in [5.74, 6) is -3.28. The number of nitro groups is 1. The molecule has 25 heavy (non-hydrogen) atoms. The van der Waals surface area contributed by atoms with Crippen LogP contribution in [0.4, 0.5) is 5.69 Å². The standard InChI is InChI=1S/C15H15N3O7/c1-8(2)16-11(19)7-25-12(20)6-17-14(21)9-4-3-5-10(18(23)24)13(9)15(17)22/h3-5,8H,6-7H2,1-2H3,(H,16,19). The van der Waals surface area contributed by atoms with Crippen molar-refractivity contribution >= 4 is 29.4 Å². The van der Waals surface area contributed by atoms with Crippen LogP contribution in [-0.4, -0.2) is 52.7 Å². The Bertz CT molecular complexity index is 772. The molecule has 0 atom stereocenters. The highest BCUT2D eigenvalue weighted by atomic mass is 16.6. The zero-order valence-corrected chi connectivity index (χ0v) is 13.5. The largest absolute Gasteiger partial charge is 0.454 e. The van der Waals surface area contributed by atoms with Crippen LogP contribution in [0.5, 0.6) is 0 Å². The average Bonchev–Trinajstić information content (AvgIpc) is 2.77. The fraction of sp³-hybridized carbons (Fsp3) is 0.333. The van der Waals surface area contributed by atoms with E-state index in [1.165, 1.54) is 12.1 Å². The highest BCUT2D eigenvalue weighted by Gasteiger charge is 2.41. The Balaban J connectivity index is 2.07. The molecular weight excluding hydrogens is 334 g/mol. The molecule has 10 heteroatoms. The van der Waals surface area contributed by atoms with Gasteiger partial charge in [0.05, 0.1) is 10.5 Å². The number of benzene rings is 1. The Labute approximate surface area is 141 Å². The highest BCUT2D eigenvalue weighted by molar-refractivity contribution is 6.24. The molecule has 1 N–H and O–H groups in total. The van der Waals surface area contributed by atoms with Crippen molar-refractivity contribution in [1.82, 2.24) is 10.2 Å². The second-order valence-corrected chi connectivity index (χ2v) is 5.54. The summed E-state index contributed by atoms with van der Waals surface area (Å²) in [6.45, 7) is 2.16. The summed E-state index contributed by atoms with van der Waals surface area (Å²) in [4.78, 5) is 58.4. The first-order valence-corrected chi connectivity index (χ1v) is 7.31. The third kappa shape index (κ3) is 3.79. The first-order chi connectivity index (χ1) is 11.7. The van der Waals surface area contributed by atoms with E-state index >= 15 is 0 Å². The van der Waals surface area contributed by atoms with E-state index in [0.717, 1.165) is 6.07 Å². The van der Waals surface area contributed by atoms with Crippen molar-refractivity contribution in [3.63, 3.8) is 0 Å². The number of carbonyl (C=O) groups excluding carboxylic acids is 4. The molecule has 0 aromatic heterocycles. The van der Waals surface area contributed by atoms with Gasteiger partial charge in [-0.15, -0.1) is 0 Å². The summed E-state index contributed by atoms with van der Waals surface area (Å²) >= 11 is 0. The number of rotatable bonds is 6. The van der Waals surface area contributed by atoms with Gasteiger partial charge in [0.25, 0.3) is 23.4 Å². The molecule has 0 radical (unpaired) electrons. The fourth-order valence-electron chi connectivity index (χ4n) is 2.30. The topological polar surface area (TPSA) is 136 Å². The number of fused-ring (bicyclic) bond motifs is 1. The maximum atomic E-state index is 12.3. The van der Waals surface area contributed by atoms with Crippen LogP contribution in [0.25, 0.3) is 0 Å². The van der Waals surface area contributed by atoms with E-state index in [1.54, 1.807) is 13.8 Å². The normalized spacial score (nSPS) is 13.0. The third-order valence-corrected chi connectivity index (χ3v) is 3.27. The molecule has 132 valence electrons. The van der Waals surface area contributed by atoms with Gasteiger partial charge in [0.2, 0.25) is 0 Å². The average molecular weight is 349 g/mol. The number of esters is 1. The molecule has 0 bridgehead atoms. The highest BCUT2D eigenvalue weighted by Crippen LogP contribution is 2.30. The predicted octanol–water partition coefficient (Wildman–Crippen LogP) is 0.259. The SMILES string of the molecule is CC(C)NC(=O)COC(=O)CN1C(=O)c2cccc([N+](=O)[O-])c2C1=O. The second kappa shape index (κ2) is 7.07. The van der Waals surface area contributed by atoms with Crippen molar-refractivity contribution < 1.29 is 28.8 Å². The van der Waals surface area contributed by atoms with Crippen LogP contribution in [-0.2, 0) is 14.3 Å². The number of hydrogen-bond donors (Lipinski definition) is 1. The molecule has 0 saturated carbocycles. The van der Waals surface area contributed by atoms with Crippen molar-refractivity contribution in [3.05, 3.63) is 39.4 Å². The van der Waals surface area contributed by atoms with Crippen molar-refractivity contribution in [2.45, 2.75) is 19.9 Å². The Kier molecular flexibility index (Phi) is 5.11. The summed E-state index contributed by atoms with van der Waals surface area (Å²) in [5.41, 5.74) is -1.02. The van der Waals surface area contributed by atoms with Gasteiger partial charge in [0.1, 0.15) is 12.1 Å². The lowest BCUT2D eigenvalue weighted by Crippen LogP contribution is -2.38. The molecule has 10 nitrogen and oxygen atoms in total. The van der Waals surface area contributed by atoms with Crippen LogP contribution in [0.2, 0.25) is 0 Å². The van der Waals surface area contributed by atoms with E-state index in [1.807, 2.05) is 0 Å². The first-order valence-electron chi connectivity index (χ1n) is 7.31. The number of nitrogens with one attached hydrogen (secondary N) is 1. The Morgan fingerprint density at radius 3 is 2.56 bits per heavy atom. The van der Waals surface area contributed by atoms with E-state index < -0.39 is 47.5 Å². The predicted molar refractivity (Wildman–Crippen MR) is 82.7 cm³/mol. The van der Waals surface area contributed by atoms with Gasteiger partial charge in [-0.25, -0.2) is 0 Å². The molecule has 3 amide bonds.